The number of anilines is 2. The molecule has 2 aromatic carbocycles. The minimum absolute atomic E-state index is 0.408. The summed E-state index contributed by atoms with van der Waals surface area (Å²) in [6, 6.07) is 12.6. The molecule has 0 radical (unpaired) electrons. The number of rotatable bonds is 21. The van der Waals surface area contributed by atoms with Crippen molar-refractivity contribution in [3.8, 4) is 11.5 Å². The molecule has 0 unspecified atom stereocenters. The molecule has 1 heterocycles. The fourth-order valence-electron chi connectivity index (χ4n) is 5.46. The third kappa shape index (κ3) is 9.58. The molecule has 3 rings (SSSR count). The zero-order valence-corrected chi connectivity index (χ0v) is 29.3. The van der Waals surface area contributed by atoms with Gasteiger partial charge in [0.05, 0.1) is 6.61 Å². The van der Waals surface area contributed by atoms with E-state index in [1.54, 1.807) is 20.5 Å². The monoisotopic (exact) mass is 685 g/mol. The molecule has 0 atom stereocenters. The van der Waals surface area contributed by atoms with Crippen molar-refractivity contribution in [2.24, 2.45) is 0 Å². The summed E-state index contributed by atoms with van der Waals surface area (Å²) in [5, 5.41) is 4.44. The summed E-state index contributed by atoms with van der Waals surface area (Å²) in [6.07, 6.45) is 9.30. The van der Waals surface area contributed by atoms with Crippen molar-refractivity contribution < 1.29 is 18.9 Å². The molecule has 7 nitrogen and oxygen atoms in total. The van der Waals surface area contributed by atoms with E-state index in [0.29, 0.717) is 37.9 Å². The van der Waals surface area contributed by atoms with E-state index in [1.165, 1.54) is 61.0 Å². The van der Waals surface area contributed by atoms with Crippen molar-refractivity contribution >= 4 is 44.4 Å². The number of hydrogen-bond acceptors (Lipinski definition) is 7. The molecule has 42 heavy (non-hydrogen) atoms. The van der Waals surface area contributed by atoms with Crippen LogP contribution in [0.1, 0.15) is 64.9 Å². The average Bonchev–Trinajstić information content (AvgIpc) is 3.01. The molecule has 0 saturated heterocycles. The van der Waals surface area contributed by atoms with Gasteiger partial charge in [-0.25, -0.2) is 0 Å². The molecular weight excluding hydrogens is 633 g/mol. The van der Waals surface area contributed by atoms with Crippen LogP contribution >= 0.6 is 0 Å². The Morgan fingerprint density at radius 3 is 1.95 bits per heavy atom. The van der Waals surface area contributed by atoms with Crippen molar-refractivity contribution in [2.75, 3.05) is 46.0 Å². The average molecular weight is 685 g/mol. The van der Waals surface area contributed by atoms with Crippen LogP contribution in [0.5, 0.6) is 11.5 Å². The van der Waals surface area contributed by atoms with E-state index in [1.807, 2.05) is 12.1 Å². The molecule has 0 saturated carbocycles. The van der Waals surface area contributed by atoms with Gasteiger partial charge in [-0.1, -0.05) is 0 Å². The van der Waals surface area contributed by atoms with Gasteiger partial charge < -0.3 is 9.47 Å². The number of fused-ring (bicyclic) bond motifs is 1. The minimum atomic E-state index is -2.64. The summed E-state index contributed by atoms with van der Waals surface area (Å²) in [6.45, 7) is 13.6. The van der Waals surface area contributed by atoms with Crippen LogP contribution in [-0.2, 0) is 9.47 Å². The molecule has 230 valence electrons. The second kappa shape index (κ2) is 18.3. The number of nitrogens with zero attached hydrogens (tertiary/aromatic N) is 2. The van der Waals surface area contributed by atoms with Gasteiger partial charge in [-0.2, -0.15) is 0 Å². The molecule has 3 aromatic rings. The van der Waals surface area contributed by atoms with Crippen LogP contribution in [0, 0.1) is 0 Å². The van der Waals surface area contributed by atoms with Gasteiger partial charge in [0.15, 0.2) is 0 Å². The molecular formula is C34H51N3O4Sn. The van der Waals surface area contributed by atoms with Crippen molar-refractivity contribution in [1.82, 2.24) is 9.97 Å². The molecule has 0 aliphatic heterocycles. The van der Waals surface area contributed by atoms with Crippen molar-refractivity contribution in [3.05, 3.63) is 54.9 Å². The molecule has 8 heteroatoms. The summed E-state index contributed by atoms with van der Waals surface area (Å²) in [5.74, 6) is 1.96. The number of benzene rings is 2. The van der Waals surface area contributed by atoms with Crippen LogP contribution in [-0.4, -0.2) is 69.0 Å². The summed E-state index contributed by atoms with van der Waals surface area (Å²) in [7, 11) is 3.31. The molecule has 0 spiro atoms. The SMILES string of the molecule is C=[C](c1cccc(Nc2ncnc3cc(OCCOC)c(OCCOC)cc23)c1)[Sn]([CH2]CCC)([CH2]CCC)[CH2]CCC. The van der Waals surface area contributed by atoms with E-state index in [4.69, 9.17) is 25.5 Å². The Labute approximate surface area is 257 Å². The van der Waals surface area contributed by atoms with Crippen LogP contribution < -0.4 is 14.8 Å². The predicted molar refractivity (Wildman–Crippen MR) is 178 cm³/mol. The van der Waals surface area contributed by atoms with Crippen LogP contribution in [0.3, 0.4) is 0 Å². The number of aromatic nitrogens is 2. The predicted octanol–water partition coefficient (Wildman–Crippen LogP) is 8.83. The van der Waals surface area contributed by atoms with E-state index in [0.717, 1.165) is 22.4 Å². The second-order valence-corrected chi connectivity index (χ2v) is 24.3. The van der Waals surface area contributed by atoms with Crippen LogP contribution in [0.15, 0.2) is 49.3 Å². The number of nitrogens with one attached hydrogen (secondary N) is 1. The molecule has 0 amide bonds. The Morgan fingerprint density at radius 1 is 0.786 bits per heavy atom. The molecule has 0 aliphatic rings. The van der Waals surface area contributed by atoms with E-state index >= 15 is 0 Å². The molecule has 0 bridgehead atoms. The van der Waals surface area contributed by atoms with Gasteiger partial charge in [0.25, 0.3) is 0 Å². The maximum absolute atomic E-state index is 6.03. The van der Waals surface area contributed by atoms with Gasteiger partial charge in [0, 0.05) is 14.2 Å². The molecule has 0 fully saturated rings. The Hall–Kier alpha value is -2.36. The number of methoxy groups -OCH3 is 2. The Bertz CT molecular complexity index is 1230. The third-order valence-corrected chi connectivity index (χ3v) is 23.6. The van der Waals surface area contributed by atoms with Gasteiger partial charge in [0.2, 0.25) is 0 Å². The summed E-state index contributed by atoms with van der Waals surface area (Å²) >= 11 is -2.64. The van der Waals surface area contributed by atoms with Crippen molar-refractivity contribution in [2.45, 2.75) is 72.6 Å². The van der Waals surface area contributed by atoms with Gasteiger partial charge in [-0.05, 0) is 0 Å². The third-order valence-electron chi connectivity index (χ3n) is 7.93. The normalized spacial score (nSPS) is 11.5. The van der Waals surface area contributed by atoms with E-state index in [2.05, 4.69) is 60.3 Å². The Morgan fingerprint density at radius 2 is 1.38 bits per heavy atom. The molecule has 1 N–H and O–H groups in total. The summed E-state index contributed by atoms with van der Waals surface area (Å²) in [4.78, 5) is 9.14. The Balaban J connectivity index is 1.95. The number of unbranched alkanes of at least 4 members (excludes halogenated alkanes) is 3. The van der Waals surface area contributed by atoms with Crippen molar-refractivity contribution in [3.63, 3.8) is 0 Å². The topological polar surface area (TPSA) is 74.7 Å². The van der Waals surface area contributed by atoms with E-state index in [9.17, 15) is 0 Å². The van der Waals surface area contributed by atoms with Crippen molar-refractivity contribution in [1.29, 1.82) is 0 Å². The second-order valence-electron chi connectivity index (χ2n) is 11.0. The number of hydrogen-bond donors (Lipinski definition) is 1. The first kappa shape index (κ1) is 34.1. The standard InChI is InChI=1S/C22H24N3O4.3C4H9.Sn/c1-4-16-6-5-7-17(12-16)25-22-18-13-20(28-10-8-26-2)21(29-11-9-27-3)14-19(18)23-15-24-22;3*1-3-4-2;/h5-7,12-15H,1,8-11H2,2-3H3,(H,23,24,25);3*1,3-4H2,2H3;. The number of ether oxygens (including phenoxy) is 4. The van der Waals surface area contributed by atoms with E-state index in [-0.39, 0.29) is 0 Å². The van der Waals surface area contributed by atoms with Crippen LogP contribution in [0.4, 0.5) is 11.5 Å². The zero-order chi connectivity index (χ0) is 30.2. The van der Waals surface area contributed by atoms with Crippen LogP contribution in [0.25, 0.3) is 14.5 Å². The Kier molecular flexibility index (Phi) is 14.9. The van der Waals surface area contributed by atoms with E-state index < -0.39 is 18.4 Å². The summed E-state index contributed by atoms with van der Waals surface area (Å²) < 4.78 is 28.0. The molecule has 1 aromatic heterocycles. The quantitative estimate of drug-likeness (QED) is 0.0888. The van der Waals surface area contributed by atoms with Gasteiger partial charge in [0.1, 0.15) is 0 Å². The molecule has 0 aliphatic carbocycles. The maximum atomic E-state index is 6.03. The first-order valence-corrected chi connectivity index (χ1v) is 23.1. The first-order valence-electron chi connectivity index (χ1n) is 15.6. The zero-order valence-electron chi connectivity index (χ0n) is 26.5. The van der Waals surface area contributed by atoms with Crippen LogP contribution in [0.2, 0.25) is 13.3 Å². The van der Waals surface area contributed by atoms with Gasteiger partial charge in [-0.15, -0.1) is 0 Å². The fourth-order valence-corrected chi connectivity index (χ4v) is 21.2. The summed E-state index contributed by atoms with van der Waals surface area (Å²) in [5.41, 5.74) is 3.06. The first-order chi connectivity index (χ1) is 20.5. The van der Waals surface area contributed by atoms with Gasteiger partial charge in [-0.3, -0.25) is 0 Å². The van der Waals surface area contributed by atoms with Gasteiger partial charge >= 0.3 is 228 Å². The fraction of sp³-hybridized carbons (Fsp3) is 0.529.